The van der Waals surface area contributed by atoms with Gasteiger partial charge in [0.2, 0.25) is 5.88 Å². The summed E-state index contributed by atoms with van der Waals surface area (Å²) in [7, 11) is 0. The standard InChI is InChI=1S/C42H44N3O2.Pt/c1-40(2,3)29-23-30(41(4,5)6)25-31(24-29)45-34-22-27-13-9-10-17-33(27)42(7,8)38(34)44-39(45)28-15-11-16-32(21-28)47-36-20-19-26-14-12-18-35(46)37(26)43-36;/h9-20,23-25,34,38,46H,22H2,1-8H3;/q-1;/t34-,38-;/m1./s1. The number of nitrogens with zero attached hydrogens (tertiary/aromatic N) is 3. The number of phenols is 1. The van der Waals surface area contributed by atoms with E-state index in [2.05, 4.69) is 120 Å². The summed E-state index contributed by atoms with van der Waals surface area (Å²) in [5.41, 5.74) is 7.71. The van der Waals surface area contributed by atoms with Gasteiger partial charge in [0.1, 0.15) is 11.3 Å². The monoisotopic (exact) mass is 817 g/mol. The number of phenolic OH excluding ortho intramolecular Hbond substituents is 1. The first kappa shape index (κ1) is 33.9. The summed E-state index contributed by atoms with van der Waals surface area (Å²) in [6.45, 7) is 18.4. The first-order chi connectivity index (χ1) is 22.2. The van der Waals surface area contributed by atoms with Crippen LogP contribution in [0.25, 0.3) is 10.9 Å². The van der Waals surface area contributed by atoms with Gasteiger partial charge in [0, 0.05) is 49.4 Å². The molecule has 2 heterocycles. The molecule has 0 radical (unpaired) electrons. The number of anilines is 1. The Morgan fingerprint density at radius 3 is 2.23 bits per heavy atom. The third-order valence-corrected chi connectivity index (χ3v) is 9.89. The van der Waals surface area contributed by atoms with Gasteiger partial charge in [-0.05, 0) is 63.8 Å². The van der Waals surface area contributed by atoms with E-state index in [0.29, 0.717) is 17.1 Å². The minimum absolute atomic E-state index is 0. The van der Waals surface area contributed by atoms with Crippen LogP contribution in [0.3, 0.4) is 0 Å². The van der Waals surface area contributed by atoms with Gasteiger partial charge in [-0.25, -0.2) is 4.98 Å². The number of ether oxygens (including phenoxy) is 1. The number of hydrogen-bond acceptors (Lipinski definition) is 5. The number of benzene rings is 4. The molecule has 0 saturated carbocycles. The zero-order chi connectivity index (χ0) is 33.3. The fraction of sp³-hybridized carbons (Fsp3) is 0.333. The summed E-state index contributed by atoms with van der Waals surface area (Å²) < 4.78 is 6.27. The van der Waals surface area contributed by atoms with Crippen molar-refractivity contribution in [3.8, 4) is 17.4 Å². The summed E-state index contributed by atoms with van der Waals surface area (Å²) in [6, 6.07) is 34.8. The molecule has 1 aromatic heterocycles. The zero-order valence-corrected chi connectivity index (χ0v) is 31.3. The average Bonchev–Trinajstić information content (AvgIpc) is 3.41. The molecule has 0 bridgehead atoms. The Morgan fingerprint density at radius 2 is 1.52 bits per heavy atom. The second-order valence-electron chi connectivity index (χ2n) is 15.7. The number of para-hydroxylation sites is 1. The molecular formula is C42H44N3O2Pt-. The van der Waals surface area contributed by atoms with Gasteiger partial charge in [-0.1, -0.05) is 104 Å². The number of aromatic hydroxyl groups is 1. The molecule has 250 valence electrons. The van der Waals surface area contributed by atoms with Crippen LogP contribution in [0.5, 0.6) is 17.4 Å². The van der Waals surface area contributed by atoms with E-state index in [4.69, 9.17) is 9.73 Å². The summed E-state index contributed by atoms with van der Waals surface area (Å²) in [6.07, 6.45) is 0.905. The molecule has 0 unspecified atom stereocenters. The minimum Gasteiger partial charge on any atom is -0.506 e. The van der Waals surface area contributed by atoms with E-state index in [9.17, 15) is 5.11 Å². The number of amidine groups is 1. The molecule has 1 N–H and O–H groups in total. The molecular weight excluding hydrogens is 774 g/mol. The second kappa shape index (κ2) is 12.2. The van der Waals surface area contributed by atoms with Crippen LogP contribution in [0.4, 0.5) is 5.69 Å². The molecule has 1 aliphatic heterocycles. The van der Waals surface area contributed by atoms with Crippen molar-refractivity contribution >= 4 is 22.4 Å². The maximum absolute atomic E-state index is 10.4. The van der Waals surface area contributed by atoms with Crippen molar-refractivity contribution in [3.63, 3.8) is 0 Å². The smallest absolute Gasteiger partial charge is 0.217 e. The van der Waals surface area contributed by atoms with Gasteiger partial charge in [-0.3, -0.25) is 0 Å². The Hall–Kier alpha value is -3.95. The molecule has 0 saturated heterocycles. The van der Waals surface area contributed by atoms with Crippen molar-refractivity contribution in [1.29, 1.82) is 0 Å². The van der Waals surface area contributed by atoms with Gasteiger partial charge in [-0.2, -0.15) is 0 Å². The van der Waals surface area contributed by atoms with E-state index < -0.39 is 0 Å². The number of hydrogen-bond donors (Lipinski definition) is 1. The van der Waals surface area contributed by atoms with E-state index in [0.717, 1.165) is 28.9 Å². The number of aromatic nitrogens is 1. The van der Waals surface area contributed by atoms with Crippen LogP contribution < -0.4 is 9.64 Å². The van der Waals surface area contributed by atoms with Crippen molar-refractivity contribution in [3.05, 3.63) is 125 Å². The third-order valence-electron chi connectivity index (χ3n) is 9.89. The molecule has 0 amide bonds. The van der Waals surface area contributed by atoms with Crippen LogP contribution in [-0.2, 0) is 43.7 Å². The number of rotatable bonds is 4. The topological polar surface area (TPSA) is 58.0 Å². The van der Waals surface area contributed by atoms with Crippen LogP contribution in [0, 0.1) is 6.07 Å². The summed E-state index contributed by atoms with van der Waals surface area (Å²) in [4.78, 5) is 12.7. The minimum atomic E-state index is -0.168. The number of aliphatic imine (C=N–C) groups is 1. The fourth-order valence-electron chi connectivity index (χ4n) is 7.19. The zero-order valence-electron chi connectivity index (χ0n) is 29.0. The van der Waals surface area contributed by atoms with Crippen LogP contribution in [-0.4, -0.2) is 28.0 Å². The molecule has 0 spiro atoms. The molecule has 6 heteroatoms. The third kappa shape index (κ3) is 6.07. The molecule has 5 aromatic rings. The Morgan fingerprint density at radius 1 is 0.833 bits per heavy atom. The quantitative estimate of drug-likeness (QED) is 0.184. The molecule has 2 aliphatic rings. The van der Waals surface area contributed by atoms with Gasteiger partial charge in [0.25, 0.3) is 0 Å². The van der Waals surface area contributed by atoms with Gasteiger partial charge >= 0.3 is 0 Å². The predicted octanol–water partition coefficient (Wildman–Crippen LogP) is 9.66. The largest absolute Gasteiger partial charge is 0.506 e. The predicted molar refractivity (Wildman–Crippen MR) is 192 cm³/mol. The number of pyridine rings is 1. The molecule has 48 heavy (non-hydrogen) atoms. The van der Waals surface area contributed by atoms with Gasteiger partial charge in [-0.15, -0.1) is 23.8 Å². The van der Waals surface area contributed by atoms with Crippen molar-refractivity contribution in [2.75, 3.05) is 4.90 Å². The van der Waals surface area contributed by atoms with E-state index in [-0.39, 0.29) is 55.1 Å². The molecule has 0 fully saturated rings. The Bertz CT molecular complexity index is 2000. The van der Waals surface area contributed by atoms with E-state index in [1.54, 1.807) is 6.07 Å². The fourth-order valence-corrected chi connectivity index (χ4v) is 7.19. The van der Waals surface area contributed by atoms with Crippen LogP contribution in [0.2, 0.25) is 0 Å². The Balaban J connectivity index is 0.00000401. The van der Waals surface area contributed by atoms with E-state index in [1.165, 1.54) is 22.3 Å². The SMILES string of the molecule is CC(C)(C)c1cc(N2C(c3[c-]c(Oc4ccc5cccc(O)c5n4)ccc3)=N[C@@H]3[C@H]2Cc2ccccc2C3(C)C)cc(C(C)(C)C)c1.[Pt]. The van der Waals surface area contributed by atoms with Crippen molar-refractivity contribution in [2.24, 2.45) is 4.99 Å². The van der Waals surface area contributed by atoms with Gasteiger partial charge < -0.3 is 19.7 Å². The molecule has 4 aromatic carbocycles. The maximum atomic E-state index is 10.4. The van der Waals surface area contributed by atoms with Crippen LogP contribution in [0.1, 0.15) is 83.2 Å². The van der Waals surface area contributed by atoms with Crippen molar-refractivity contribution in [1.82, 2.24) is 4.98 Å². The average molecular weight is 818 g/mol. The van der Waals surface area contributed by atoms with Crippen molar-refractivity contribution in [2.45, 2.75) is 90.1 Å². The van der Waals surface area contributed by atoms with Crippen molar-refractivity contribution < 1.29 is 30.9 Å². The number of fused-ring (bicyclic) bond motifs is 3. The normalized spacial score (nSPS) is 18.5. The van der Waals surface area contributed by atoms with Gasteiger partial charge in [0.15, 0.2) is 0 Å². The summed E-state index contributed by atoms with van der Waals surface area (Å²) in [5.74, 6) is 1.97. The molecule has 7 rings (SSSR count). The van der Waals surface area contributed by atoms with E-state index >= 15 is 0 Å². The Labute approximate surface area is 299 Å². The van der Waals surface area contributed by atoms with Gasteiger partial charge in [0.05, 0.1) is 17.9 Å². The summed E-state index contributed by atoms with van der Waals surface area (Å²) in [5, 5.41) is 11.2. The second-order valence-corrected chi connectivity index (χ2v) is 15.7. The van der Waals surface area contributed by atoms with Crippen LogP contribution >= 0.6 is 0 Å². The van der Waals surface area contributed by atoms with E-state index in [1.807, 2.05) is 36.4 Å². The van der Waals surface area contributed by atoms with Crippen LogP contribution in [0.15, 0.2) is 96.0 Å². The maximum Gasteiger partial charge on any atom is 0.217 e. The molecule has 5 nitrogen and oxygen atoms in total. The summed E-state index contributed by atoms with van der Waals surface area (Å²) >= 11 is 0. The molecule has 1 aliphatic carbocycles. The Kier molecular flexibility index (Phi) is 8.61. The first-order valence-corrected chi connectivity index (χ1v) is 16.6. The first-order valence-electron chi connectivity index (χ1n) is 16.6. The molecule has 2 atom stereocenters.